The van der Waals surface area contributed by atoms with Gasteiger partial charge in [0.05, 0.1) is 12.1 Å². The molecular formula is C21H22FN3O2. The Labute approximate surface area is 158 Å². The van der Waals surface area contributed by atoms with Gasteiger partial charge in [-0.05, 0) is 23.3 Å². The molecule has 0 saturated carbocycles. The molecule has 1 saturated heterocycles. The molecule has 2 heterocycles. The molecule has 5 nitrogen and oxygen atoms in total. The van der Waals surface area contributed by atoms with Crippen molar-refractivity contribution in [3.05, 3.63) is 65.5 Å². The second-order valence-corrected chi connectivity index (χ2v) is 7.05. The third-order valence-corrected chi connectivity index (χ3v) is 5.49. The van der Waals surface area contributed by atoms with Gasteiger partial charge in [-0.25, -0.2) is 4.39 Å². The molecule has 0 unspecified atom stereocenters. The summed E-state index contributed by atoms with van der Waals surface area (Å²) in [5.41, 5.74) is 2.39. The van der Waals surface area contributed by atoms with E-state index in [1.807, 2.05) is 35.2 Å². The molecular weight excluding hydrogens is 345 g/mol. The molecule has 1 atom stereocenters. The van der Waals surface area contributed by atoms with E-state index in [0.717, 1.165) is 11.1 Å². The van der Waals surface area contributed by atoms with Gasteiger partial charge in [-0.1, -0.05) is 36.4 Å². The number of nitrogens with zero attached hydrogens (tertiary/aromatic N) is 3. The first-order chi connectivity index (χ1) is 13.1. The second kappa shape index (κ2) is 7.02. The molecule has 4 rings (SSSR count). The third-order valence-electron chi connectivity index (χ3n) is 5.49. The van der Waals surface area contributed by atoms with Crippen LogP contribution >= 0.6 is 0 Å². The van der Waals surface area contributed by atoms with Crippen LogP contribution in [0.5, 0.6) is 0 Å². The van der Waals surface area contributed by atoms with Crippen LogP contribution in [0.4, 0.5) is 10.1 Å². The number of fused-ring (bicyclic) bond motifs is 1. The first kappa shape index (κ1) is 17.5. The standard InChI is InChI=1S/C21H22FN3O2/c1-23-19(26)14-15-6-2-3-7-16(15)20(23)21(27)25-12-10-24(11-13-25)18-9-5-4-8-17(18)22/h2-9,20H,10-14H2,1H3/t20-/m1/s1. The van der Waals surface area contributed by atoms with E-state index in [-0.39, 0.29) is 17.6 Å². The minimum atomic E-state index is -0.581. The maximum absolute atomic E-state index is 14.0. The number of para-hydroxylation sites is 1. The third kappa shape index (κ3) is 3.16. The van der Waals surface area contributed by atoms with Crippen molar-refractivity contribution in [2.45, 2.75) is 12.5 Å². The number of likely N-dealkylation sites (N-methyl/N-ethyl adjacent to an activating group) is 1. The van der Waals surface area contributed by atoms with E-state index in [1.165, 1.54) is 6.07 Å². The summed E-state index contributed by atoms with van der Waals surface area (Å²) in [6.07, 6.45) is 0.331. The molecule has 2 amide bonds. The number of carbonyl (C=O) groups excluding carboxylic acids is 2. The predicted molar refractivity (Wildman–Crippen MR) is 101 cm³/mol. The molecule has 6 heteroatoms. The van der Waals surface area contributed by atoms with Crippen LogP contribution in [0.25, 0.3) is 0 Å². The number of amides is 2. The van der Waals surface area contributed by atoms with Gasteiger partial charge in [0, 0.05) is 33.2 Å². The van der Waals surface area contributed by atoms with Gasteiger partial charge < -0.3 is 14.7 Å². The quantitative estimate of drug-likeness (QED) is 0.818. The molecule has 1 fully saturated rings. The highest BCUT2D eigenvalue weighted by Crippen LogP contribution is 2.31. The molecule has 140 valence electrons. The number of piperazine rings is 1. The van der Waals surface area contributed by atoms with Crippen molar-refractivity contribution < 1.29 is 14.0 Å². The van der Waals surface area contributed by atoms with Crippen molar-refractivity contribution in [3.8, 4) is 0 Å². The van der Waals surface area contributed by atoms with Crippen molar-refractivity contribution in [1.82, 2.24) is 9.80 Å². The molecule has 2 aromatic rings. The minimum Gasteiger partial charge on any atom is -0.366 e. The maximum atomic E-state index is 14.0. The molecule has 0 bridgehead atoms. The first-order valence-corrected chi connectivity index (χ1v) is 9.18. The summed E-state index contributed by atoms with van der Waals surface area (Å²) in [5, 5.41) is 0. The lowest BCUT2D eigenvalue weighted by atomic mass is 9.91. The average molecular weight is 367 g/mol. The van der Waals surface area contributed by atoms with Crippen molar-refractivity contribution in [2.24, 2.45) is 0 Å². The van der Waals surface area contributed by atoms with Crippen LogP contribution in [0.3, 0.4) is 0 Å². The summed E-state index contributed by atoms with van der Waals surface area (Å²) in [7, 11) is 1.69. The van der Waals surface area contributed by atoms with Gasteiger partial charge >= 0.3 is 0 Å². The van der Waals surface area contributed by atoms with E-state index in [1.54, 1.807) is 29.0 Å². The zero-order valence-electron chi connectivity index (χ0n) is 15.3. The van der Waals surface area contributed by atoms with E-state index in [9.17, 15) is 14.0 Å². The van der Waals surface area contributed by atoms with Crippen LogP contribution in [-0.2, 0) is 16.0 Å². The number of halogens is 1. The Hall–Kier alpha value is -2.89. The fourth-order valence-electron chi connectivity index (χ4n) is 3.95. The molecule has 0 N–H and O–H groups in total. The lowest BCUT2D eigenvalue weighted by Crippen LogP contribution is -2.53. The minimum absolute atomic E-state index is 0.0444. The summed E-state index contributed by atoms with van der Waals surface area (Å²) in [6.45, 7) is 2.15. The molecule has 2 aliphatic rings. The number of benzene rings is 2. The van der Waals surface area contributed by atoms with Gasteiger partial charge in [-0.3, -0.25) is 9.59 Å². The fraction of sp³-hybridized carbons (Fsp3) is 0.333. The van der Waals surface area contributed by atoms with Gasteiger partial charge in [0.1, 0.15) is 11.9 Å². The number of hydrogen-bond acceptors (Lipinski definition) is 3. The Morgan fingerprint density at radius 3 is 2.41 bits per heavy atom. The van der Waals surface area contributed by atoms with Crippen molar-refractivity contribution in [2.75, 3.05) is 38.1 Å². The van der Waals surface area contributed by atoms with Crippen molar-refractivity contribution in [1.29, 1.82) is 0 Å². The van der Waals surface area contributed by atoms with Crippen LogP contribution < -0.4 is 4.90 Å². The van der Waals surface area contributed by atoms with Gasteiger partial charge in [0.2, 0.25) is 11.8 Å². The maximum Gasteiger partial charge on any atom is 0.250 e. The Morgan fingerprint density at radius 1 is 1.00 bits per heavy atom. The molecule has 2 aromatic carbocycles. The van der Waals surface area contributed by atoms with E-state index >= 15 is 0 Å². The number of rotatable bonds is 2. The Balaban J connectivity index is 1.51. The first-order valence-electron chi connectivity index (χ1n) is 9.18. The number of carbonyl (C=O) groups is 2. The van der Waals surface area contributed by atoms with E-state index in [4.69, 9.17) is 0 Å². The van der Waals surface area contributed by atoms with E-state index < -0.39 is 6.04 Å². The van der Waals surface area contributed by atoms with Gasteiger partial charge in [0.25, 0.3) is 0 Å². The summed E-state index contributed by atoms with van der Waals surface area (Å²) in [4.78, 5) is 30.9. The predicted octanol–water partition coefficient (Wildman–Crippen LogP) is 2.23. The Kier molecular flexibility index (Phi) is 4.56. The zero-order valence-corrected chi connectivity index (χ0v) is 15.3. The smallest absolute Gasteiger partial charge is 0.250 e. The Bertz CT molecular complexity index is 877. The van der Waals surface area contributed by atoms with Gasteiger partial charge in [-0.2, -0.15) is 0 Å². The highest BCUT2D eigenvalue weighted by molar-refractivity contribution is 5.92. The van der Waals surface area contributed by atoms with Gasteiger partial charge in [-0.15, -0.1) is 0 Å². The molecule has 27 heavy (non-hydrogen) atoms. The second-order valence-electron chi connectivity index (χ2n) is 7.05. The van der Waals surface area contributed by atoms with Crippen molar-refractivity contribution >= 4 is 17.5 Å². The topological polar surface area (TPSA) is 43.9 Å². The number of anilines is 1. The summed E-state index contributed by atoms with van der Waals surface area (Å²) in [5.74, 6) is -0.355. The molecule has 0 aromatic heterocycles. The van der Waals surface area contributed by atoms with E-state index in [2.05, 4.69) is 0 Å². The van der Waals surface area contributed by atoms with E-state index in [0.29, 0.717) is 38.3 Å². The lowest BCUT2D eigenvalue weighted by molar-refractivity contribution is -0.145. The Morgan fingerprint density at radius 2 is 1.67 bits per heavy atom. The van der Waals surface area contributed by atoms with Crippen LogP contribution in [0, 0.1) is 5.82 Å². The zero-order chi connectivity index (χ0) is 19.0. The SMILES string of the molecule is CN1C(=O)Cc2ccccc2[C@@H]1C(=O)N1CCN(c2ccccc2F)CC1. The van der Waals surface area contributed by atoms with Crippen LogP contribution in [-0.4, -0.2) is 54.8 Å². The van der Waals surface area contributed by atoms with Crippen molar-refractivity contribution in [3.63, 3.8) is 0 Å². The molecule has 2 aliphatic heterocycles. The van der Waals surface area contributed by atoms with Crippen LogP contribution in [0.2, 0.25) is 0 Å². The highest BCUT2D eigenvalue weighted by atomic mass is 19.1. The highest BCUT2D eigenvalue weighted by Gasteiger charge is 2.37. The monoisotopic (exact) mass is 367 g/mol. The van der Waals surface area contributed by atoms with Crippen LogP contribution in [0.1, 0.15) is 17.2 Å². The molecule has 0 spiro atoms. The fourth-order valence-corrected chi connectivity index (χ4v) is 3.95. The van der Waals surface area contributed by atoms with Gasteiger partial charge in [0.15, 0.2) is 0 Å². The number of hydrogen-bond donors (Lipinski definition) is 0. The summed E-state index contributed by atoms with van der Waals surface area (Å²) in [6, 6.07) is 13.8. The lowest BCUT2D eigenvalue weighted by Gasteiger charge is -2.40. The molecule has 0 radical (unpaired) electrons. The summed E-state index contributed by atoms with van der Waals surface area (Å²) < 4.78 is 14.0. The molecule has 0 aliphatic carbocycles. The average Bonchev–Trinajstić information content (AvgIpc) is 2.69. The van der Waals surface area contributed by atoms with Crippen LogP contribution in [0.15, 0.2) is 48.5 Å². The summed E-state index contributed by atoms with van der Waals surface area (Å²) >= 11 is 0. The largest absolute Gasteiger partial charge is 0.366 e. The normalized spacial score (nSPS) is 19.9.